The molecule has 0 saturated carbocycles. The van der Waals surface area contributed by atoms with Gasteiger partial charge < -0.3 is 9.47 Å². The van der Waals surface area contributed by atoms with Crippen molar-refractivity contribution in [1.82, 2.24) is 4.31 Å². The van der Waals surface area contributed by atoms with Crippen molar-refractivity contribution < 1.29 is 27.5 Å². The number of piperidine rings is 1. The van der Waals surface area contributed by atoms with Crippen LogP contribution in [0.1, 0.15) is 48.5 Å². The fraction of sp³-hybridized carbons (Fsp3) is 0.417. The summed E-state index contributed by atoms with van der Waals surface area (Å²) in [5.74, 6) is -0.344. The van der Waals surface area contributed by atoms with Crippen molar-refractivity contribution in [3.8, 4) is 5.75 Å². The summed E-state index contributed by atoms with van der Waals surface area (Å²) in [5.41, 5.74) is 1.48. The van der Waals surface area contributed by atoms with Crippen LogP contribution in [0.25, 0.3) is 0 Å². The number of ether oxygens (including phenoxy) is 2. The van der Waals surface area contributed by atoms with Crippen molar-refractivity contribution in [3.63, 3.8) is 0 Å². The van der Waals surface area contributed by atoms with Gasteiger partial charge in [0.25, 0.3) is 0 Å². The Morgan fingerprint density at radius 3 is 2.31 bits per heavy atom. The highest BCUT2D eigenvalue weighted by Crippen LogP contribution is 2.26. The Balaban J connectivity index is 1.53. The van der Waals surface area contributed by atoms with Gasteiger partial charge in [0.05, 0.1) is 17.9 Å². The van der Waals surface area contributed by atoms with Gasteiger partial charge in [-0.1, -0.05) is 38.1 Å². The average Bonchev–Trinajstić information content (AvgIpc) is 2.82. The standard InChI is InChI=1S/C24H29NO6S/c1-17(2)18-7-9-22(10-8-18)32(28,29)25-13-11-19(12-14-25)24(27)31-16-23(26)20-5-4-6-21(15-20)30-3/h4-10,15,17,19H,11-14,16H2,1-3H3. The molecule has 2 aromatic carbocycles. The number of methoxy groups -OCH3 is 1. The molecule has 0 N–H and O–H groups in total. The molecule has 1 aliphatic rings. The number of hydrogen-bond acceptors (Lipinski definition) is 6. The largest absolute Gasteiger partial charge is 0.497 e. The van der Waals surface area contributed by atoms with Crippen LogP contribution < -0.4 is 4.74 Å². The van der Waals surface area contributed by atoms with E-state index >= 15 is 0 Å². The molecule has 1 saturated heterocycles. The van der Waals surface area contributed by atoms with E-state index in [1.54, 1.807) is 36.4 Å². The second kappa shape index (κ2) is 10.3. The molecule has 2 aromatic rings. The van der Waals surface area contributed by atoms with Crippen LogP contribution in [0.15, 0.2) is 53.4 Å². The van der Waals surface area contributed by atoms with Crippen molar-refractivity contribution in [3.05, 3.63) is 59.7 Å². The summed E-state index contributed by atoms with van der Waals surface area (Å²) >= 11 is 0. The fourth-order valence-corrected chi connectivity index (χ4v) is 5.11. The molecule has 0 bridgehead atoms. The van der Waals surface area contributed by atoms with Gasteiger partial charge in [-0.25, -0.2) is 8.42 Å². The number of benzene rings is 2. The number of esters is 1. The summed E-state index contributed by atoms with van der Waals surface area (Å²) in [7, 11) is -2.10. The molecule has 0 radical (unpaired) electrons. The lowest BCUT2D eigenvalue weighted by molar-refractivity contribution is -0.148. The van der Waals surface area contributed by atoms with Crippen molar-refractivity contribution in [2.75, 3.05) is 26.8 Å². The summed E-state index contributed by atoms with van der Waals surface area (Å²) < 4.78 is 37.6. The number of nitrogens with zero attached hydrogens (tertiary/aromatic N) is 1. The molecule has 1 heterocycles. The molecule has 3 rings (SSSR count). The van der Waals surface area contributed by atoms with E-state index in [1.165, 1.54) is 11.4 Å². The molecule has 0 spiro atoms. The predicted octanol–water partition coefficient (Wildman–Crippen LogP) is 3.65. The zero-order valence-electron chi connectivity index (χ0n) is 18.6. The average molecular weight is 460 g/mol. The van der Waals surface area contributed by atoms with Crippen LogP contribution in [0, 0.1) is 5.92 Å². The maximum atomic E-state index is 12.9. The zero-order chi connectivity index (χ0) is 23.3. The van der Waals surface area contributed by atoms with Gasteiger partial charge in [-0.15, -0.1) is 0 Å². The fourth-order valence-electron chi connectivity index (χ4n) is 3.64. The molecule has 7 nitrogen and oxygen atoms in total. The second-order valence-electron chi connectivity index (χ2n) is 8.16. The number of hydrogen-bond donors (Lipinski definition) is 0. The Kier molecular flexibility index (Phi) is 7.69. The number of Topliss-reactive ketones (excluding diaryl/α,β-unsaturated/α-hetero) is 1. The van der Waals surface area contributed by atoms with Gasteiger partial charge in [0, 0.05) is 18.7 Å². The molecule has 8 heteroatoms. The molecule has 0 aromatic heterocycles. The van der Waals surface area contributed by atoms with Crippen LogP contribution in [0.3, 0.4) is 0 Å². The van der Waals surface area contributed by atoms with Crippen LogP contribution in [0.4, 0.5) is 0 Å². The lowest BCUT2D eigenvalue weighted by Crippen LogP contribution is -2.40. The molecular weight excluding hydrogens is 430 g/mol. The maximum Gasteiger partial charge on any atom is 0.309 e. The molecule has 0 atom stereocenters. The second-order valence-corrected chi connectivity index (χ2v) is 10.1. The molecule has 172 valence electrons. The van der Waals surface area contributed by atoms with Gasteiger partial charge in [0.2, 0.25) is 10.0 Å². The van der Waals surface area contributed by atoms with E-state index in [0.29, 0.717) is 30.1 Å². The molecule has 1 aliphatic heterocycles. The van der Waals surface area contributed by atoms with Crippen LogP contribution >= 0.6 is 0 Å². The van der Waals surface area contributed by atoms with Crippen molar-refractivity contribution >= 4 is 21.8 Å². The Morgan fingerprint density at radius 1 is 1.06 bits per heavy atom. The Hall–Kier alpha value is -2.71. The SMILES string of the molecule is COc1cccc(C(=O)COC(=O)C2CCN(S(=O)(=O)c3ccc(C(C)C)cc3)CC2)c1. The summed E-state index contributed by atoms with van der Waals surface area (Å²) in [5, 5.41) is 0. The number of rotatable bonds is 8. The lowest BCUT2D eigenvalue weighted by atomic mass is 9.98. The third-order valence-corrected chi connectivity index (χ3v) is 7.62. The van der Waals surface area contributed by atoms with Crippen LogP contribution in [-0.2, 0) is 19.6 Å². The van der Waals surface area contributed by atoms with Gasteiger partial charge >= 0.3 is 5.97 Å². The summed E-state index contributed by atoms with van der Waals surface area (Å²) in [4.78, 5) is 25.0. The third-order valence-electron chi connectivity index (χ3n) is 5.71. The van der Waals surface area contributed by atoms with E-state index in [9.17, 15) is 18.0 Å². The van der Waals surface area contributed by atoms with Gasteiger partial charge in [-0.2, -0.15) is 4.31 Å². The van der Waals surface area contributed by atoms with Gasteiger partial charge in [-0.3, -0.25) is 9.59 Å². The quantitative estimate of drug-likeness (QED) is 0.442. The number of carbonyl (C=O) groups is 2. The number of ketones is 1. The number of sulfonamides is 1. The van der Waals surface area contributed by atoms with E-state index in [-0.39, 0.29) is 30.4 Å². The third kappa shape index (κ3) is 5.55. The van der Waals surface area contributed by atoms with Crippen molar-refractivity contribution in [2.45, 2.75) is 37.5 Å². The summed E-state index contributed by atoms with van der Waals surface area (Å²) in [6, 6.07) is 13.6. The highest BCUT2D eigenvalue weighted by atomic mass is 32.2. The number of carbonyl (C=O) groups excluding carboxylic acids is 2. The summed E-state index contributed by atoms with van der Waals surface area (Å²) in [6.45, 7) is 4.22. The highest BCUT2D eigenvalue weighted by Gasteiger charge is 2.33. The van der Waals surface area contributed by atoms with Crippen LogP contribution in [0.2, 0.25) is 0 Å². The molecule has 0 aliphatic carbocycles. The van der Waals surface area contributed by atoms with Gasteiger partial charge in [0.15, 0.2) is 12.4 Å². The first-order valence-corrected chi connectivity index (χ1v) is 12.1. The first-order valence-electron chi connectivity index (χ1n) is 10.7. The Morgan fingerprint density at radius 2 is 1.72 bits per heavy atom. The monoisotopic (exact) mass is 459 g/mol. The van der Waals surface area contributed by atoms with Crippen molar-refractivity contribution in [1.29, 1.82) is 0 Å². The van der Waals surface area contributed by atoms with Gasteiger partial charge in [-0.05, 0) is 48.6 Å². The van der Waals surface area contributed by atoms with E-state index in [4.69, 9.17) is 9.47 Å². The van der Waals surface area contributed by atoms with E-state index in [2.05, 4.69) is 13.8 Å². The highest BCUT2D eigenvalue weighted by molar-refractivity contribution is 7.89. The van der Waals surface area contributed by atoms with Crippen LogP contribution in [-0.4, -0.2) is 51.3 Å². The molecule has 0 amide bonds. The Bertz CT molecular complexity index is 1050. The molecule has 32 heavy (non-hydrogen) atoms. The lowest BCUT2D eigenvalue weighted by Gasteiger charge is -2.30. The zero-order valence-corrected chi connectivity index (χ0v) is 19.4. The van der Waals surface area contributed by atoms with E-state index in [0.717, 1.165) is 5.56 Å². The topological polar surface area (TPSA) is 90.0 Å². The van der Waals surface area contributed by atoms with E-state index < -0.39 is 21.9 Å². The maximum absolute atomic E-state index is 12.9. The molecule has 1 fully saturated rings. The minimum absolute atomic E-state index is 0.234. The first kappa shape index (κ1) is 23.9. The van der Waals surface area contributed by atoms with Gasteiger partial charge in [0.1, 0.15) is 5.75 Å². The normalized spacial score (nSPS) is 15.5. The van der Waals surface area contributed by atoms with Crippen LogP contribution in [0.5, 0.6) is 5.75 Å². The predicted molar refractivity (Wildman–Crippen MR) is 120 cm³/mol. The Labute approximate surface area is 189 Å². The minimum atomic E-state index is -3.61. The smallest absolute Gasteiger partial charge is 0.309 e. The van der Waals surface area contributed by atoms with E-state index in [1.807, 2.05) is 12.1 Å². The van der Waals surface area contributed by atoms with Crippen molar-refractivity contribution in [2.24, 2.45) is 5.92 Å². The summed E-state index contributed by atoms with van der Waals surface area (Å²) in [6.07, 6.45) is 0.713. The minimum Gasteiger partial charge on any atom is -0.497 e. The molecule has 0 unspecified atom stereocenters. The first-order chi connectivity index (χ1) is 15.2. The molecular formula is C24H29NO6S.